The van der Waals surface area contributed by atoms with Crippen molar-refractivity contribution in [3.05, 3.63) is 60.1 Å². The number of fused-ring (bicyclic) bond motifs is 1. The fourth-order valence-electron chi connectivity index (χ4n) is 4.01. The molecule has 1 saturated heterocycles. The van der Waals surface area contributed by atoms with Crippen LogP contribution in [0, 0.1) is 6.92 Å². The fourth-order valence-corrected chi connectivity index (χ4v) is 4.01. The van der Waals surface area contributed by atoms with Gasteiger partial charge >= 0.3 is 11.8 Å². The van der Waals surface area contributed by atoms with Crippen molar-refractivity contribution in [1.29, 1.82) is 0 Å². The van der Waals surface area contributed by atoms with E-state index in [9.17, 15) is 4.79 Å². The number of anilines is 2. The first-order valence-corrected chi connectivity index (χ1v) is 11.4. The van der Waals surface area contributed by atoms with Crippen molar-refractivity contribution in [3.63, 3.8) is 0 Å². The number of imidazole rings is 1. The lowest BCUT2D eigenvalue weighted by Gasteiger charge is -2.29. The molecule has 34 heavy (non-hydrogen) atoms. The maximum atomic E-state index is 12.7. The molecule has 0 bridgehead atoms. The molecule has 3 aromatic heterocycles. The van der Waals surface area contributed by atoms with E-state index in [-0.39, 0.29) is 11.3 Å². The van der Waals surface area contributed by atoms with Crippen molar-refractivity contribution in [2.45, 2.75) is 33.1 Å². The molecule has 1 aliphatic heterocycles. The first kappa shape index (κ1) is 22.1. The molecule has 9 heteroatoms. The summed E-state index contributed by atoms with van der Waals surface area (Å²) in [5, 5.41) is 6.83. The molecule has 1 aliphatic rings. The lowest BCUT2D eigenvalue weighted by Crippen LogP contribution is -2.36. The van der Waals surface area contributed by atoms with Crippen molar-refractivity contribution in [3.8, 4) is 11.1 Å². The van der Waals surface area contributed by atoms with Gasteiger partial charge in [0.15, 0.2) is 11.5 Å². The van der Waals surface area contributed by atoms with Gasteiger partial charge in [-0.2, -0.15) is 4.98 Å². The molecule has 5 rings (SSSR count). The van der Waals surface area contributed by atoms with E-state index in [2.05, 4.69) is 44.5 Å². The second-order valence-electron chi connectivity index (χ2n) is 9.53. The Hall–Kier alpha value is -3.72. The summed E-state index contributed by atoms with van der Waals surface area (Å²) >= 11 is 0. The number of carbonyl (C=O) groups excluding carboxylic acids is 1. The molecule has 1 amide bonds. The Labute approximate surface area is 197 Å². The molecule has 0 radical (unpaired) electrons. The summed E-state index contributed by atoms with van der Waals surface area (Å²) in [5.41, 5.74) is 5.48. The van der Waals surface area contributed by atoms with Gasteiger partial charge in [0.2, 0.25) is 0 Å². The second-order valence-corrected chi connectivity index (χ2v) is 9.53. The number of hydrogen-bond acceptors (Lipinski definition) is 7. The predicted molar refractivity (Wildman–Crippen MR) is 129 cm³/mol. The zero-order chi connectivity index (χ0) is 23.9. The summed E-state index contributed by atoms with van der Waals surface area (Å²) in [6.45, 7) is 11.0. The van der Waals surface area contributed by atoms with Gasteiger partial charge in [-0.05, 0) is 36.2 Å². The Kier molecular flexibility index (Phi) is 5.57. The van der Waals surface area contributed by atoms with E-state index in [0.29, 0.717) is 24.7 Å². The number of nitrogens with zero attached hydrogens (tertiary/aromatic N) is 5. The number of carbonyl (C=O) groups is 1. The van der Waals surface area contributed by atoms with Gasteiger partial charge in [0.25, 0.3) is 0 Å². The van der Waals surface area contributed by atoms with E-state index in [1.54, 1.807) is 0 Å². The van der Waals surface area contributed by atoms with Crippen LogP contribution in [0.3, 0.4) is 0 Å². The number of hydrogen-bond donors (Lipinski definition) is 1. The van der Waals surface area contributed by atoms with Crippen molar-refractivity contribution >= 4 is 22.9 Å². The molecular weight excluding hydrogens is 432 g/mol. The van der Waals surface area contributed by atoms with Crippen LogP contribution in [-0.2, 0) is 10.2 Å². The van der Waals surface area contributed by atoms with Gasteiger partial charge in [-0.25, -0.2) is 4.98 Å². The average Bonchev–Trinajstić information content (AvgIpc) is 3.50. The number of benzene rings is 1. The van der Waals surface area contributed by atoms with Crippen LogP contribution in [0.5, 0.6) is 0 Å². The summed E-state index contributed by atoms with van der Waals surface area (Å²) in [6, 6.07) is 7.99. The van der Waals surface area contributed by atoms with Crippen LogP contribution in [-0.4, -0.2) is 51.7 Å². The van der Waals surface area contributed by atoms with Gasteiger partial charge in [0.1, 0.15) is 0 Å². The zero-order valence-corrected chi connectivity index (χ0v) is 19.8. The second kappa shape index (κ2) is 8.57. The number of rotatable bonds is 4. The molecule has 1 fully saturated rings. The van der Waals surface area contributed by atoms with Crippen LogP contribution < -0.4 is 10.2 Å². The zero-order valence-electron chi connectivity index (χ0n) is 19.8. The van der Waals surface area contributed by atoms with Crippen LogP contribution >= 0.6 is 0 Å². The highest BCUT2D eigenvalue weighted by Gasteiger charge is 2.24. The molecule has 9 nitrogen and oxygen atoms in total. The molecule has 0 unspecified atom stereocenters. The molecule has 0 saturated carbocycles. The van der Waals surface area contributed by atoms with E-state index < -0.39 is 5.91 Å². The normalized spacial score (nSPS) is 14.5. The predicted octanol–water partition coefficient (Wildman–Crippen LogP) is 4.08. The third-order valence-electron chi connectivity index (χ3n) is 5.92. The minimum atomic E-state index is -0.433. The molecule has 0 aliphatic carbocycles. The van der Waals surface area contributed by atoms with Gasteiger partial charge in [0, 0.05) is 48.3 Å². The minimum Gasteiger partial charge on any atom is -0.378 e. The van der Waals surface area contributed by atoms with Gasteiger partial charge in [-0.1, -0.05) is 32.0 Å². The van der Waals surface area contributed by atoms with Crippen LogP contribution in [0.25, 0.3) is 16.8 Å². The maximum absolute atomic E-state index is 12.7. The Balaban J connectivity index is 1.47. The molecule has 1 aromatic carbocycles. The van der Waals surface area contributed by atoms with E-state index >= 15 is 0 Å². The number of morpholine rings is 1. The first-order chi connectivity index (χ1) is 16.3. The summed E-state index contributed by atoms with van der Waals surface area (Å²) in [5.74, 6) is 0.00452. The van der Waals surface area contributed by atoms with Crippen LogP contribution in [0.4, 0.5) is 11.4 Å². The summed E-state index contributed by atoms with van der Waals surface area (Å²) in [4.78, 5) is 23.9. The average molecular weight is 461 g/mol. The molecular formula is C25H28N6O3. The number of ether oxygens (including phenoxy) is 1. The van der Waals surface area contributed by atoms with Crippen molar-refractivity contribution in [1.82, 2.24) is 19.5 Å². The van der Waals surface area contributed by atoms with Gasteiger partial charge in [0.05, 0.1) is 18.9 Å². The molecule has 176 valence electrons. The highest BCUT2D eigenvalue weighted by molar-refractivity contribution is 6.01. The smallest absolute Gasteiger partial charge is 0.316 e. The molecule has 4 heterocycles. The molecule has 1 N–H and O–H groups in total. The Morgan fingerprint density at radius 2 is 1.94 bits per heavy atom. The van der Waals surface area contributed by atoms with Gasteiger partial charge < -0.3 is 23.9 Å². The van der Waals surface area contributed by atoms with E-state index in [1.807, 2.05) is 55.8 Å². The van der Waals surface area contributed by atoms with Gasteiger partial charge in [-0.3, -0.25) is 4.79 Å². The van der Waals surface area contributed by atoms with E-state index in [4.69, 9.17) is 9.26 Å². The summed E-state index contributed by atoms with van der Waals surface area (Å²) < 4.78 is 12.8. The third kappa shape index (κ3) is 4.26. The Morgan fingerprint density at radius 3 is 2.68 bits per heavy atom. The summed E-state index contributed by atoms with van der Waals surface area (Å²) in [6.07, 6.45) is 5.82. The van der Waals surface area contributed by atoms with E-state index in [0.717, 1.165) is 41.1 Å². The molecule has 4 aromatic rings. The molecule has 0 atom stereocenters. The minimum absolute atomic E-state index is 0.0542. The number of aryl methyl sites for hydroxylation is 1. The van der Waals surface area contributed by atoms with Crippen LogP contribution in [0.2, 0.25) is 0 Å². The highest BCUT2D eigenvalue weighted by atomic mass is 16.5. The summed E-state index contributed by atoms with van der Waals surface area (Å²) in [7, 11) is 0. The van der Waals surface area contributed by atoms with Crippen molar-refractivity contribution < 1.29 is 14.1 Å². The maximum Gasteiger partial charge on any atom is 0.316 e. The molecule has 0 spiro atoms. The van der Waals surface area contributed by atoms with Crippen molar-refractivity contribution in [2.24, 2.45) is 0 Å². The lowest BCUT2D eigenvalue weighted by atomic mass is 9.96. The number of amides is 1. The highest BCUT2D eigenvalue weighted by Crippen LogP contribution is 2.32. The largest absolute Gasteiger partial charge is 0.378 e. The lowest BCUT2D eigenvalue weighted by molar-refractivity contribution is 0.0981. The standard InChI is InChI=1S/C25H28N6O3/c1-16-5-6-18(27-22(32)23-28-24(29-34-23)25(2,3)4)14-19(16)17-13-20(30-9-11-33-12-10-30)21-26-7-8-31(21)15-17/h5-8,13-15H,9-12H2,1-4H3,(H,27,32). The van der Waals surface area contributed by atoms with E-state index in [1.165, 1.54) is 0 Å². The fraction of sp³-hybridized carbons (Fsp3) is 0.360. The van der Waals surface area contributed by atoms with Crippen LogP contribution in [0.1, 0.15) is 42.8 Å². The number of nitrogens with one attached hydrogen (secondary N) is 1. The van der Waals surface area contributed by atoms with Gasteiger partial charge in [-0.15, -0.1) is 0 Å². The first-order valence-electron chi connectivity index (χ1n) is 11.4. The third-order valence-corrected chi connectivity index (χ3v) is 5.92. The van der Waals surface area contributed by atoms with Crippen molar-refractivity contribution in [2.75, 3.05) is 36.5 Å². The number of aromatic nitrogens is 4. The quantitative estimate of drug-likeness (QED) is 0.490. The van der Waals surface area contributed by atoms with Crippen LogP contribution in [0.15, 0.2) is 47.4 Å². The topological polar surface area (TPSA) is 97.8 Å². The Morgan fingerprint density at radius 1 is 1.15 bits per heavy atom. The Bertz CT molecular complexity index is 1340. The monoisotopic (exact) mass is 460 g/mol. The number of pyridine rings is 1. The SMILES string of the molecule is Cc1ccc(NC(=O)c2nc(C(C)(C)C)no2)cc1-c1cc(N2CCOCC2)c2nccn2c1.